The number of aromatic nitrogens is 1. The van der Waals surface area contributed by atoms with Gasteiger partial charge in [0.25, 0.3) is 0 Å². The molecular weight excluding hydrogens is 268 g/mol. The molecule has 0 aliphatic rings. The van der Waals surface area contributed by atoms with Crippen LogP contribution in [-0.2, 0) is 4.79 Å². The maximum atomic E-state index is 12.2. The van der Waals surface area contributed by atoms with Gasteiger partial charge in [-0.2, -0.15) is 4.98 Å². The van der Waals surface area contributed by atoms with Crippen LogP contribution in [0.5, 0.6) is 5.88 Å². The minimum atomic E-state index is -0.347. The van der Waals surface area contributed by atoms with Gasteiger partial charge >= 0.3 is 0 Å². The molecule has 0 spiro atoms. The van der Waals surface area contributed by atoms with Crippen LogP contribution in [0.1, 0.15) is 34.1 Å². The normalized spacial score (nSPS) is 11.8. The number of rotatable bonds is 8. The Morgan fingerprint density at radius 3 is 2.62 bits per heavy atom. The standard InChI is InChI=1S/C15H26N4O2/c1-5-10-21-14-12(16)8-9-13(18-14)17-11(4)15(20)19(6-2)7-3/h8-9,11H,5-7,10,16H2,1-4H3,(H,17,18). The van der Waals surface area contributed by atoms with Gasteiger partial charge in [0, 0.05) is 13.1 Å². The van der Waals surface area contributed by atoms with Crippen molar-refractivity contribution in [1.29, 1.82) is 0 Å². The quantitative estimate of drug-likeness (QED) is 0.767. The highest BCUT2D eigenvalue weighted by Crippen LogP contribution is 2.21. The predicted molar refractivity (Wildman–Crippen MR) is 85.4 cm³/mol. The summed E-state index contributed by atoms with van der Waals surface area (Å²) in [6, 6.07) is 3.13. The zero-order chi connectivity index (χ0) is 15.8. The highest BCUT2D eigenvalue weighted by atomic mass is 16.5. The molecule has 6 nitrogen and oxygen atoms in total. The molecule has 0 fully saturated rings. The molecule has 0 saturated carbocycles. The number of carbonyl (C=O) groups is 1. The van der Waals surface area contributed by atoms with Crippen LogP contribution < -0.4 is 15.8 Å². The number of hydrogen-bond acceptors (Lipinski definition) is 5. The topological polar surface area (TPSA) is 80.5 Å². The first-order valence-electron chi connectivity index (χ1n) is 7.48. The van der Waals surface area contributed by atoms with Crippen LogP contribution >= 0.6 is 0 Å². The molecule has 1 aromatic heterocycles. The van der Waals surface area contributed by atoms with Gasteiger partial charge in [0.1, 0.15) is 11.9 Å². The first-order valence-corrected chi connectivity index (χ1v) is 7.48. The second-order valence-electron chi connectivity index (χ2n) is 4.82. The molecule has 6 heteroatoms. The van der Waals surface area contributed by atoms with Crippen LogP contribution in [0.2, 0.25) is 0 Å². The van der Waals surface area contributed by atoms with E-state index in [1.165, 1.54) is 0 Å². The fraction of sp³-hybridized carbons (Fsp3) is 0.600. The van der Waals surface area contributed by atoms with Crippen molar-refractivity contribution < 1.29 is 9.53 Å². The van der Waals surface area contributed by atoms with Gasteiger partial charge < -0.3 is 20.7 Å². The van der Waals surface area contributed by atoms with Gasteiger partial charge in [-0.15, -0.1) is 0 Å². The van der Waals surface area contributed by atoms with Crippen LogP contribution in [0.4, 0.5) is 11.5 Å². The van der Waals surface area contributed by atoms with Gasteiger partial charge in [0.05, 0.1) is 12.3 Å². The summed E-state index contributed by atoms with van der Waals surface area (Å²) in [5.74, 6) is 1.04. The number of nitrogens with two attached hydrogens (primary N) is 1. The van der Waals surface area contributed by atoms with Crippen molar-refractivity contribution >= 4 is 17.4 Å². The summed E-state index contributed by atoms with van der Waals surface area (Å²) in [5, 5.41) is 3.10. The SMILES string of the molecule is CCCOc1nc(NC(C)C(=O)N(CC)CC)ccc1N. The summed E-state index contributed by atoms with van der Waals surface area (Å²) in [7, 11) is 0. The number of ether oxygens (including phenoxy) is 1. The third kappa shape index (κ3) is 4.81. The first-order chi connectivity index (χ1) is 10.0. The summed E-state index contributed by atoms with van der Waals surface area (Å²) < 4.78 is 5.49. The molecule has 0 aromatic carbocycles. The Labute approximate surface area is 126 Å². The lowest BCUT2D eigenvalue weighted by molar-refractivity contribution is -0.131. The number of anilines is 2. The number of likely N-dealkylation sites (N-methyl/N-ethyl adjacent to an activating group) is 1. The van der Waals surface area contributed by atoms with Crippen molar-refractivity contribution in [2.75, 3.05) is 30.7 Å². The molecule has 118 valence electrons. The molecule has 0 aliphatic heterocycles. The van der Waals surface area contributed by atoms with E-state index >= 15 is 0 Å². The van der Waals surface area contributed by atoms with Crippen LogP contribution in [-0.4, -0.2) is 41.5 Å². The van der Waals surface area contributed by atoms with Crippen LogP contribution in [0, 0.1) is 0 Å². The Balaban J connectivity index is 2.75. The molecule has 3 N–H and O–H groups in total. The van der Waals surface area contributed by atoms with Gasteiger partial charge in [-0.3, -0.25) is 4.79 Å². The average Bonchev–Trinajstić information content (AvgIpc) is 2.48. The van der Waals surface area contributed by atoms with Crippen LogP contribution in [0.3, 0.4) is 0 Å². The van der Waals surface area contributed by atoms with E-state index in [4.69, 9.17) is 10.5 Å². The van der Waals surface area contributed by atoms with E-state index in [2.05, 4.69) is 10.3 Å². The lowest BCUT2D eigenvalue weighted by atomic mass is 10.2. The van der Waals surface area contributed by atoms with Gasteiger partial charge in [0.2, 0.25) is 11.8 Å². The number of nitrogens with zero attached hydrogens (tertiary/aromatic N) is 2. The Morgan fingerprint density at radius 1 is 1.38 bits per heavy atom. The zero-order valence-corrected chi connectivity index (χ0v) is 13.3. The number of hydrogen-bond donors (Lipinski definition) is 2. The summed E-state index contributed by atoms with van der Waals surface area (Å²) in [6.07, 6.45) is 0.885. The molecule has 1 aromatic rings. The molecule has 1 heterocycles. The van der Waals surface area contributed by atoms with E-state index in [1.54, 1.807) is 17.0 Å². The molecule has 21 heavy (non-hydrogen) atoms. The Bertz CT molecular complexity index is 461. The summed E-state index contributed by atoms with van der Waals surface area (Å²) in [4.78, 5) is 18.3. The molecule has 1 unspecified atom stereocenters. The number of nitrogen functional groups attached to an aromatic ring is 1. The van der Waals surface area contributed by atoms with Gasteiger partial charge in [-0.05, 0) is 39.3 Å². The van der Waals surface area contributed by atoms with E-state index in [0.29, 0.717) is 37.1 Å². The molecule has 1 rings (SSSR count). The third-order valence-corrected chi connectivity index (χ3v) is 3.14. The van der Waals surface area contributed by atoms with Crippen molar-refractivity contribution in [3.8, 4) is 5.88 Å². The fourth-order valence-electron chi connectivity index (χ4n) is 1.94. The van der Waals surface area contributed by atoms with Crippen LogP contribution in [0.15, 0.2) is 12.1 Å². The largest absolute Gasteiger partial charge is 0.476 e. The fourth-order valence-corrected chi connectivity index (χ4v) is 1.94. The number of carbonyl (C=O) groups excluding carboxylic acids is 1. The summed E-state index contributed by atoms with van der Waals surface area (Å²) in [5.41, 5.74) is 6.32. The smallest absolute Gasteiger partial charge is 0.244 e. The Morgan fingerprint density at radius 2 is 2.05 bits per heavy atom. The molecule has 1 atom stereocenters. The molecular formula is C15H26N4O2. The molecule has 0 saturated heterocycles. The van der Waals surface area contributed by atoms with Crippen molar-refractivity contribution in [2.45, 2.75) is 40.2 Å². The molecule has 0 aliphatic carbocycles. The van der Waals surface area contributed by atoms with E-state index < -0.39 is 0 Å². The van der Waals surface area contributed by atoms with Gasteiger partial charge in [0.15, 0.2) is 0 Å². The second-order valence-corrected chi connectivity index (χ2v) is 4.82. The van der Waals surface area contributed by atoms with E-state index in [0.717, 1.165) is 6.42 Å². The zero-order valence-electron chi connectivity index (χ0n) is 13.3. The average molecular weight is 294 g/mol. The minimum absolute atomic E-state index is 0.0506. The highest BCUT2D eigenvalue weighted by Gasteiger charge is 2.18. The summed E-state index contributed by atoms with van der Waals surface area (Å²) in [6.45, 7) is 9.73. The monoisotopic (exact) mass is 294 g/mol. The predicted octanol–water partition coefficient (Wildman–Crippen LogP) is 2.12. The second kappa shape index (κ2) is 8.34. The first kappa shape index (κ1) is 17.1. The van der Waals surface area contributed by atoms with Crippen molar-refractivity contribution in [3.05, 3.63) is 12.1 Å². The lowest BCUT2D eigenvalue weighted by Gasteiger charge is -2.23. The molecule has 1 amide bonds. The Kier molecular flexibility index (Phi) is 6.78. The number of pyridine rings is 1. The van der Waals surface area contributed by atoms with E-state index in [-0.39, 0.29) is 11.9 Å². The van der Waals surface area contributed by atoms with Crippen molar-refractivity contribution in [2.24, 2.45) is 0 Å². The van der Waals surface area contributed by atoms with E-state index in [1.807, 2.05) is 27.7 Å². The van der Waals surface area contributed by atoms with Crippen molar-refractivity contribution in [1.82, 2.24) is 9.88 Å². The lowest BCUT2D eigenvalue weighted by Crippen LogP contribution is -2.41. The van der Waals surface area contributed by atoms with Gasteiger partial charge in [-0.1, -0.05) is 6.92 Å². The summed E-state index contributed by atoms with van der Waals surface area (Å²) >= 11 is 0. The molecule has 0 bridgehead atoms. The van der Waals surface area contributed by atoms with Crippen molar-refractivity contribution in [3.63, 3.8) is 0 Å². The van der Waals surface area contributed by atoms with Gasteiger partial charge in [-0.25, -0.2) is 0 Å². The van der Waals surface area contributed by atoms with E-state index in [9.17, 15) is 4.79 Å². The Hall–Kier alpha value is -1.98. The number of nitrogens with one attached hydrogen (secondary N) is 1. The molecule has 0 radical (unpaired) electrons. The third-order valence-electron chi connectivity index (χ3n) is 3.14. The minimum Gasteiger partial charge on any atom is -0.476 e. The number of amides is 1. The van der Waals surface area contributed by atoms with Crippen LogP contribution in [0.25, 0.3) is 0 Å². The highest BCUT2D eigenvalue weighted by molar-refractivity contribution is 5.84. The maximum absolute atomic E-state index is 12.2. The maximum Gasteiger partial charge on any atom is 0.244 e.